The van der Waals surface area contributed by atoms with Gasteiger partial charge in [0.15, 0.2) is 0 Å². The van der Waals surface area contributed by atoms with E-state index >= 15 is 0 Å². The summed E-state index contributed by atoms with van der Waals surface area (Å²) in [6, 6.07) is 10.4. The summed E-state index contributed by atoms with van der Waals surface area (Å²) in [5, 5.41) is -0.0959. The number of carbonyl (C=O) groups excluding carboxylic acids is 1. The van der Waals surface area contributed by atoms with Gasteiger partial charge in [0.05, 0.1) is 5.25 Å². The highest BCUT2D eigenvalue weighted by Crippen LogP contribution is 2.23. The number of rotatable bonds is 3. The maximum absolute atomic E-state index is 12.7. The van der Waals surface area contributed by atoms with Gasteiger partial charge in [-0.05, 0) is 31.9 Å². The van der Waals surface area contributed by atoms with Crippen LogP contribution in [0.15, 0.2) is 30.3 Å². The molecule has 0 aromatic heterocycles. The number of para-hydroxylation sites is 1. The van der Waals surface area contributed by atoms with Crippen molar-refractivity contribution >= 4 is 39.9 Å². The minimum Gasteiger partial charge on any atom is -0.368 e. The Morgan fingerprint density at radius 3 is 2.25 bits per heavy atom. The molecule has 3 rings (SSSR count). The maximum Gasteiger partial charge on any atom is 0.235 e. The third-order valence-corrected chi connectivity index (χ3v) is 6.26. The van der Waals surface area contributed by atoms with Crippen LogP contribution in [-0.4, -0.2) is 64.5 Å². The zero-order valence-electron chi connectivity index (χ0n) is 14.2. The van der Waals surface area contributed by atoms with Crippen LogP contribution < -0.4 is 4.90 Å². The first-order valence-electron chi connectivity index (χ1n) is 8.69. The van der Waals surface area contributed by atoms with Gasteiger partial charge in [0.1, 0.15) is 4.32 Å². The van der Waals surface area contributed by atoms with Crippen LogP contribution in [0, 0.1) is 0 Å². The Labute approximate surface area is 154 Å². The van der Waals surface area contributed by atoms with E-state index in [-0.39, 0.29) is 11.2 Å². The van der Waals surface area contributed by atoms with Crippen LogP contribution in [0.1, 0.15) is 19.8 Å². The zero-order valence-corrected chi connectivity index (χ0v) is 15.8. The molecule has 0 aliphatic carbocycles. The number of likely N-dealkylation sites (tertiary alicyclic amines) is 1. The average molecular weight is 364 g/mol. The van der Waals surface area contributed by atoms with Crippen LogP contribution in [0.3, 0.4) is 0 Å². The second kappa shape index (κ2) is 8.21. The van der Waals surface area contributed by atoms with Gasteiger partial charge in [-0.15, -0.1) is 0 Å². The Morgan fingerprint density at radius 2 is 1.62 bits per heavy atom. The molecular weight excluding hydrogens is 338 g/mol. The molecule has 2 aliphatic rings. The minimum atomic E-state index is -0.0959. The summed E-state index contributed by atoms with van der Waals surface area (Å²) in [6.45, 7) is 7.43. The predicted octanol–water partition coefficient (Wildman–Crippen LogP) is 2.84. The van der Waals surface area contributed by atoms with Crippen LogP contribution in [0.25, 0.3) is 0 Å². The highest BCUT2D eigenvalue weighted by Gasteiger charge is 2.27. The Bertz CT molecular complexity index is 567. The second-order valence-corrected chi connectivity index (χ2v) is 8.34. The monoisotopic (exact) mass is 363 g/mol. The molecule has 130 valence electrons. The van der Waals surface area contributed by atoms with E-state index in [1.165, 1.54) is 18.5 Å². The maximum atomic E-state index is 12.7. The molecule has 0 spiro atoms. The van der Waals surface area contributed by atoms with Crippen LogP contribution in [-0.2, 0) is 4.79 Å². The summed E-state index contributed by atoms with van der Waals surface area (Å²) in [5.41, 5.74) is 1.24. The summed E-state index contributed by atoms with van der Waals surface area (Å²) >= 11 is 7.05. The van der Waals surface area contributed by atoms with Crippen molar-refractivity contribution < 1.29 is 4.79 Å². The van der Waals surface area contributed by atoms with Gasteiger partial charge in [-0.3, -0.25) is 4.79 Å². The molecule has 2 saturated heterocycles. The van der Waals surface area contributed by atoms with Gasteiger partial charge in [-0.2, -0.15) is 0 Å². The molecule has 2 aliphatic heterocycles. The molecule has 1 unspecified atom stereocenters. The summed E-state index contributed by atoms with van der Waals surface area (Å²) in [6.07, 6.45) is 2.43. The van der Waals surface area contributed by atoms with E-state index in [2.05, 4.69) is 34.1 Å². The molecule has 1 atom stereocenters. The second-order valence-electron chi connectivity index (χ2n) is 6.37. The lowest BCUT2D eigenvalue weighted by Crippen LogP contribution is -2.51. The number of nitrogens with zero attached hydrogens (tertiary/aromatic N) is 3. The molecule has 4 nitrogen and oxygen atoms in total. The van der Waals surface area contributed by atoms with Crippen molar-refractivity contribution in [3.05, 3.63) is 30.3 Å². The fraction of sp³-hybridized carbons (Fsp3) is 0.556. The molecular formula is C18H25N3OS2. The SMILES string of the molecule is CC(SC(=S)N1CCCC1)C(=O)N1CCN(c2ccccc2)CC1. The number of hydrogen-bond acceptors (Lipinski definition) is 4. The molecule has 1 aromatic rings. The normalized spacial score (nSPS) is 19.5. The number of benzene rings is 1. The van der Waals surface area contributed by atoms with E-state index in [0.717, 1.165) is 43.6 Å². The van der Waals surface area contributed by atoms with E-state index in [4.69, 9.17) is 12.2 Å². The van der Waals surface area contributed by atoms with Gasteiger partial charge in [-0.25, -0.2) is 0 Å². The Kier molecular flexibility index (Phi) is 6.00. The number of anilines is 1. The van der Waals surface area contributed by atoms with Crippen LogP contribution in [0.2, 0.25) is 0 Å². The number of thiocarbonyl (C=S) groups is 1. The van der Waals surface area contributed by atoms with Gasteiger partial charge >= 0.3 is 0 Å². The van der Waals surface area contributed by atoms with E-state index in [1.807, 2.05) is 17.9 Å². The van der Waals surface area contributed by atoms with Crippen molar-refractivity contribution in [2.24, 2.45) is 0 Å². The standard InChI is InChI=1S/C18H25N3OS2/c1-15(24-18(23)21-9-5-6-10-21)17(22)20-13-11-19(12-14-20)16-7-3-2-4-8-16/h2-4,7-8,15H,5-6,9-14H2,1H3. The minimum absolute atomic E-state index is 0.0959. The van der Waals surface area contributed by atoms with E-state index < -0.39 is 0 Å². The van der Waals surface area contributed by atoms with Gasteiger partial charge < -0.3 is 14.7 Å². The van der Waals surface area contributed by atoms with Crippen LogP contribution in [0.5, 0.6) is 0 Å². The number of hydrogen-bond donors (Lipinski definition) is 0. The quantitative estimate of drug-likeness (QED) is 0.770. The van der Waals surface area contributed by atoms with E-state index in [1.54, 1.807) is 11.8 Å². The Hall–Kier alpha value is -1.27. The topological polar surface area (TPSA) is 26.8 Å². The summed E-state index contributed by atoms with van der Waals surface area (Å²) in [4.78, 5) is 19.3. The molecule has 0 N–H and O–H groups in total. The molecule has 6 heteroatoms. The Balaban J connectivity index is 1.48. The first kappa shape index (κ1) is 17.5. The zero-order chi connectivity index (χ0) is 16.9. The number of carbonyl (C=O) groups is 1. The smallest absolute Gasteiger partial charge is 0.235 e. The Morgan fingerprint density at radius 1 is 1.00 bits per heavy atom. The van der Waals surface area contributed by atoms with Gasteiger partial charge in [-0.1, -0.05) is 42.2 Å². The molecule has 0 radical (unpaired) electrons. The highest BCUT2D eigenvalue weighted by molar-refractivity contribution is 8.23. The molecule has 0 bridgehead atoms. The third-order valence-electron chi connectivity index (χ3n) is 4.70. The van der Waals surface area contributed by atoms with Crippen molar-refractivity contribution in [3.8, 4) is 0 Å². The highest BCUT2D eigenvalue weighted by atomic mass is 32.2. The fourth-order valence-corrected chi connectivity index (χ4v) is 4.76. The van der Waals surface area contributed by atoms with Crippen LogP contribution in [0.4, 0.5) is 5.69 Å². The number of amides is 1. The van der Waals surface area contributed by atoms with Crippen LogP contribution >= 0.6 is 24.0 Å². The first-order chi connectivity index (χ1) is 11.6. The molecule has 1 aromatic carbocycles. The van der Waals surface area contributed by atoms with Crippen molar-refractivity contribution in [1.82, 2.24) is 9.80 Å². The van der Waals surface area contributed by atoms with Gasteiger partial charge in [0.2, 0.25) is 5.91 Å². The van der Waals surface area contributed by atoms with Crippen molar-refractivity contribution in [2.75, 3.05) is 44.2 Å². The summed E-state index contributed by atoms with van der Waals surface area (Å²) < 4.78 is 0.885. The predicted molar refractivity (Wildman–Crippen MR) is 106 cm³/mol. The van der Waals surface area contributed by atoms with Crippen molar-refractivity contribution in [2.45, 2.75) is 25.0 Å². The van der Waals surface area contributed by atoms with Crippen molar-refractivity contribution in [3.63, 3.8) is 0 Å². The lowest BCUT2D eigenvalue weighted by Gasteiger charge is -2.37. The summed E-state index contributed by atoms with van der Waals surface area (Å²) in [5.74, 6) is 0.217. The van der Waals surface area contributed by atoms with Crippen molar-refractivity contribution in [1.29, 1.82) is 0 Å². The van der Waals surface area contributed by atoms with E-state index in [0.29, 0.717) is 0 Å². The largest absolute Gasteiger partial charge is 0.368 e. The molecule has 1 amide bonds. The van der Waals surface area contributed by atoms with Gasteiger partial charge in [0.25, 0.3) is 0 Å². The number of piperazine rings is 1. The molecule has 2 heterocycles. The first-order valence-corrected chi connectivity index (χ1v) is 9.98. The fourth-order valence-electron chi connectivity index (χ4n) is 3.26. The van der Waals surface area contributed by atoms with E-state index in [9.17, 15) is 4.79 Å². The third kappa shape index (κ3) is 4.22. The lowest BCUT2D eigenvalue weighted by molar-refractivity contribution is -0.130. The molecule has 24 heavy (non-hydrogen) atoms. The molecule has 2 fully saturated rings. The number of thioether (sulfide) groups is 1. The van der Waals surface area contributed by atoms with Gasteiger partial charge in [0, 0.05) is 45.0 Å². The average Bonchev–Trinajstić information content (AvgIpc) is 3.17. The summed E-state index contributed by atoms with van der Waals surface area (Å²) in [7, 11) is 0. The molecule has 0 saturated carbocycles. The lowest BCUT2D eigenvalue weighted by atomic mass is 10.2.